The summed E-state index contributed by atoms with van der Waals surface area (Å²) >= 11 is 0. The van der Waals surface area contributed by atoms with E-state index >= 15 is 0 Å². The number of amides is 2. The van der Waals surface area contributed by atoms with Crippen molar-refractivity contribution < 1.29 is 18.7 Å². The lowest BCUT2D eigenvalue weighted by atomic mass is 10.2. The Morgan fingerprint density at radius 2 is 2.00 bits per heavy atom. The highest BCUT2D eigenvalue weighted by Gasteiger charge is 2.23. The number of nitrogens with zero attached hydrogens (tertiary/aromatic N) is 4. The van der Waals surface area contributed by atoms with Crippen molar-refractivity contribution in [3.05, 3.63) is 71.6 Å². The van der Waals surface area contributed by atoms with Gasteiger partial charge in [-0.1, -0.05) is 12.1 Å². The van der Waals surface area contributed by atoms with Gasteiger partial charge in [0.05, 0.1) is 12.2 Å². The summed E-state index contributed by atoms with van der Waals surface area (Å²) in [5, 5.41) is 6.99. The maximum Gasteiger partial charge on any atom is 0.414 e. The van der Waals surface area contributed by atoms with Crippen molar-refractivity contribution in [2.75, 3.05) is 18.1 Å². The molecule has 4 rings (SSSR count). The van der Waals surface area contributed by atoms with Gasteiger partial charge in [-0.3, -0.25) is 9.69 Å². The fourth-order valence-corrected chi connectivity index (χ4v) is 3.04. The summed E-state index contributed by atoms with van der Waals surface area (Å²) in [6.07, 6.45) is -0.378. The van der Waals surface area contributed by atoms with Crippen LogP contribution in [0.1, 0.15) is 22.0 Å². The molecule has 1 N–H and O–H groups in total. The molecule has 1 aromatic heterocycles. The highest BCUT2D eigenvalue weighted by Crippen LogP contribution is 2.20. The summed E-state index contributed by atoms with van der Waals surface area (Å²) in [6, 6.07) is 13.1. The van der Waals surface area contributed by atoms with Gasteiger partial charge in [0, 0.05) is 12.2 Å². The number of benzene rings is 2. The van der Waals surface area contributed by atoms with Crippen LogP contribution in [0.4, 0.5) is 14.9 Å². The van der Waals surface area contributed by atoms with Crippen molar-refractivity contribution in [3.63, 3.8) is 0 Å². The molecule has 0 atom stereocenters. The van der Waals surface area contributed by atoms with E-state index in [9.17, 15) is 14.0 Å². The van der Waals surface area contributed by atoms with E-state index < -0.39 is 5.91 Å². The van der Waals surface area contributed by atoms with Crippen LogP contribution in [0.15, 0.2) is 48.5 Å². The second kappa shape index (κ2) is 7.70. The van der Waals surface area contributed by atoms with E-state index in [1.54, 1.807) is 24.0 Å². The number of cyclic esters (lactones) is 1. The van der Waals surface area contributed by atoms with Crippen LogP contribution < -0.4 is 10.2 Å². The third-order valence-electron chi connectivity index (χ3n) is 4.48. The van der Waals surface area contributed by atoms with Crippen molar-refractivity contribution in [3.8, 4) is 5.69 Å². The number of rotatable bonds is 5. The normalized spacial score (nSPS) is 13.4. The van der Waals surface area contributed by atoms with Gasteiger partial charge in [0.15, 0.2) is 0 Å². The minimum absolute atomic E-state index is 0.0195. The topological polar surface area (TPSA) is 89.3 Å². The second-order valence-electron chi connectivity index (χ2n) is 6.49. The average molecular weight is 395 g/mol. The van der Waals surface area contributed by atoms with Gasteiger partial charge >= 0.3 is 6.09 Å². The van der Waals surface area contributed by atoms with Crippen LogP contribution in [-0.2, 0) is 11.3 Å². The predicted molar refractivity (Wildman–Crippen MR) is 102 cm³/mol. The molecule has 1 saturated heterocycles. The number of carbonyl (C=O) groups is 2. The van der Waals surface area contributed by atoms with E-state index in [0.29, 0.717) is 30.4 Å². The van der Waals surface area contributed by atoms with Crippen molar-refractivity contribution in [2.45, 2.75) is 13.5 Å². The molecule has 9 heteroatoms. The van der Waals surface area contributed by atoms with Crippen LogP contribution in [0.25, 0.3) is 5.69 Å². The first-order chi connectivity index (χ1) is 14.0. The standard InChI is InChI=1S/C20H18FN5O3/c1-13-23-18(24-26(13)16-7-5-15(21)6-8-16)19(27)22-12-14-3-2-4-17(11-14)25-9-10-29-20(25)28/h2-8,11H,9-10,12H2,1H3,(H,22,27). The Labute approximate surface area is 165 Å². The van der Waals surface area contributed by atoms with Crippen molar-refractivity contribution >= 4 is 17.7 Å². The molecule has 2 heterocycles. The number of ether oxygens (including phenoxy) is 1. The summed E-state index contributed by atoms with van der Waals surface area (Å²) in [6.45, 7) is 2.83. The Bertz CT molecular complexity index is 1060. The molecule has 148 valence electrons. The molecule has 8 nitrogen and oxygen atoms in total. The molecule has 3 aromatic rings. The maximum atomic E-state index is 13.1. The molecule has 0 bridgehead atoms. The largest absolute Gasteiger partial charge is 0.447 e. The summed E-state index contributed by atoms with van der Waals surface area (Å²) in [4.78, 5) is 29.9. The van der Waals surface area contributed by atoms with Crippen LogP contribution in [-0.4, -0.2) is 39.9 Å². The lowest BCUT2D eigenvalue weighted by Crippen LogP contribution is -2.25. The molecule has 0 saturated carbocycles. The molecule has 1 fully saturated rings. The Balaban J connectivity index is 1.45. The van der Waals surface area contributed by atoms with Crippen molar-refractivity contribution in [2.24, 2.45) is 0 Å². The highest BCUT2D eigenvalue weighted by molar-refractivity contribution is 5.91. The Morgan fingerprint density at radius 1 is 1.21 bits per heavy atom. The van der Waals surface area contributed by atoms with Crippen molar-refractivity contribution in [1.82, 2.24) is 20.1 Å². The summed E-state index contributed by atoms with van der Waals surface area (Å²) in [5.41, 5.74) is 2.15. The van der Waals surface area contributed by atoms with Crippen LogP contribution >= 0.6 is 0 Å². The zero-order chi connectivity index (χ0) is 20.4. The number of anilines is 1. The van der Waals surface area contributed by atoms with Gasteiger partial charge in [0.25, 0.3) is 5.91 Å². The first-order valence-corrected chi connectivity index (χ1v) is 9.02. The van der Waals surface area contributed by atoms with E-state index in [1.165, 1.54) is 16.8 Å². The Kier molecular flexibility index (Phi) is 4.94. The summed E-state index contributed by atoms with van der Waals surface area (Å²) in [5.74, 6) is -0.253. The molecular formula is C20H18FN5O3. The van der Waals surface area contributed by atoms with E-state index in [1.807, 2.05) is 24.3 Å². The zero-order valence-corrected chi connectivity index (χ0v) is 15.6. The van der Waals surface area contributed by atoms with Gasteiger partial charge < -0.3 is 10.1 Å². The van der Waals surface area contributed by atoms with Crippen LogP contribution in [0.3, 0.4) is 0 Å². The third kappa shape index (κ3) is 3.93. The van der Waals surface area contributed by atoms with E-state index in [-0.39, 0.29) is 24.3 Å². The third-order valence-corrected chi connectivity index (χ3v) is 4.48. The minimum atomic E-state index is -0.431. The summed E-state index contributed by atoms with van der Waals surface area (Å²) < 4.78 is 19.5. The molecule has 1 aliphatic heterocycles. The van der Waals surface area contributed by atoms with E-state index in [0.717, 1.165) is 5.56 Å². The minimum Gasteiger partial charge on any atom is -0.447 e. The number of aryl methyl sites for hydroxylation is 1. The van der Waals surface area contributed by atoms with Gasteiger partial charge in [0.2, 0.25) is 5.82 Å². The molecule has 0 radical (unpaired) electrons. The lowest BCUT2D eigenvalue weighted by molar-refractivity contribution is 0.0940. The van der Waals surface area contributed by atoms with Gasteiger partial charge in [-0.25, -0.2) is 18.9 Å². The first-order valence-electron chi connectivity index (χ1n) is 9.02. The second-order valence-corrected chi connectivity index (χ2v) is 6.49. The lowest BCUT2D eigenvalue weighted by Gasteiger charge is -2.13. The van der Waals surface area contributed by atoms with E-state index in [2.05, 4.69) is 15.4 Å². The van der Waals surface area contributed by atoms with Gasteiger partial charge in [-0.2, -0.15) is 0 Å². The number of carbonyl (C=O) groups excluding carboxylic acids is 2. The van der Waals surface area contributed by atoms with Crippen LogP contribution in [0, 0.1) is 12.7 Å². The number of hydrogen-bond acceptors (Lipinski definition) is 5. The zero-order valence-electron chi connectivity index (χ0n) is 15.6. The fraction of sp³-hybridized carbons (Fsp3) is 0.200. The smallest absolute Gasteiger partial charge is 0.414 e. The quantitative estimate of drug-likeness (QED) is 0.717. The van der Waals surface area contributed by atoms with Crippen molar-refractivity contribution in [1.29, 1.82) is 0 Å². The summed E-state index contributed by atoms with van der Waals surface area (Å²) in [7, 11) is 0. The number of halogens is 1. The predicted octanol–water partition coefficient (Wildman–Crippen LogP) is 2.60. The highest BCUT2D eigenvalue weighted by atomic mass is 19.1. The molecular weight excluding hydrogens is 377 g/mol. The molecule has 0 aliphatic carbocycles. The van der Waals surface area contributed by atoms with Crippen LogP contribution in [0.2, 0.25) is 0 Å². The number of aromatic nitrogens is 3. The molecule has 2 aromatic carbocycles. The van der Waals surface area contributed by atoms with Gasteiger partial charge in [-0.05, 0) is 48.9 Å². The number of nitrogens with one attached hydrogen (secondary N) is 1. The molecule has 2 amide bonds. The maximum absolute atomic E-state index is 13.1. The molecule has 1 aliphatic rings. The van der Waals surface area contributed by atoms with Gasteiger partial charge in [-0.15, -0.1) is 5.10 Å². The van der Waals surface area contributed by atoms with E-state index in [4.69, 9.17) is 4.74 Å². The number of hydrogen-bond donors (Lipinski definition) is 1. The molecule has 29 heavy (non-hydrogen) atoms. The first kappa shape index (κ1) is 18.6. The van der Waals surface area contributed by atoms with Gasteiger partial charge in [0.1, 0.15) is 18.2 Å². The molecule has 0 unspecified atom stereocenters. The monoisotopic (exact) mass is 395 g/mol. The van der Waals surface area contributed by atoms with Crippen LogP contribution in [0.5, 0.6) is 0 Å². The SMILES string of the molecule is Cc1nc(C(=O)NCc2cccc(N3CCOC3=O)c2)nn1-c1ccc(F)cc1. The average Bonchev–Trinajstić information content (AvgIpc) is 3.33. The Morgan fingerprint density at radius 3 is 2.72 bits per heavy atom. The fourth-order valence-electron chi connectivity index (χ4n) is 3.04. The Hall–Kier alpha value is -3.75. The molecule has 0 spiro atoms.